The molecule has 0 atom stereocenters. The normalized spacial score (nSPS) is 9.77. The van der Waals surface area contributed by atoms with Crippen molar-refractivity contribution in [1.82, 2.24) is 4.90 Å². The maximum atomic E-state index is 10.2. The SMILES string of the molecule is CCCN(CCC)CCC(=O)[O-].[Na+]. The van der Waals surface area contributed by atoms with Crippen molar-refractivity contribution < 1.29 is 39.5 Å². The van der Waals surface area contributed by atoms with Gasteiger partial charge in [-0.05, 0) is 32.4 Å². The average Bonchev–Trinajstić information content (AvgIpc) is 2.01. The molecule has 0 amide bonds. The topological polar surface area (TPSA) is 43.4 Å². The number of carboxylic acid groups (broad SMARTS) is 1. The van der Waals surface area contributed by atoms with E-state index >= 15 is 0 Å². The molecule has 0 aromatic carbocycles. The summed E-state index contributed by atoms with van der Waals surface area (Å²) < 4.78 is 0. The number of carbonyl (C=O) groups is 1. The van der Waals surface area contributed by atoms with Crippen LogP contribution in [-0.4, -0.2) is 30.5 Å². The Balaban J connectivity index is 0. The zero-order chi connectivity index (χ0) is 9.40. The second-order valence-corrected chi connectivity index (χ2v) is 2.96. The minimum atomic E-state index is -0.952. The van der Waals surface area contributed by atoms with Gasteiger partial charge in [-0.2, -0.15) is 0 Å². The number of carboxylic acids is 1. The number of nitrogens with zero attached hydrogens (tertiary/aromatic N) is 1. The van der Waals surface area contributed by atoms with E-state index in [1.807, 2.05) is 0 Å². The zero-order valence-electron chi connectivity index (χ0n) is 9.01. The monoisotopic (exact) mass is 195 g/mol. The molecule has 0 heterocycles. The Kier molecular flexibility index (Phi) is 12.8. The molecule has 0 saturated heterocycles. The van der Waals surface area contributed by atoms with Gasteiger partial charge >= 0.3 is 29.6 Å². The Bertz CT molecular complexity index is 125. The Labute approximate surface area is 103 Å². The fourth-order valence-corrected chi connectivity index (χ4v) is 1.22. The molecular weight excluding hydrogens is 177 g/mol. The van der Waals surface area contributed by atoms with E-state index in [0.717, 1.165) is 25.9 Å². The van der Waals surface area contributed by atoms with Crippen molar-refractivity contribution in [3.63, 3.8) is 0 Å². The zero-order valence-corrected chi connectivity index (χ0v) is 11.0. The molecule has 3 nitrogen and oxygen atoms in total. The molecule has 0 unspecified atom stereocenters. The molecule has 0 aliphatic carbocycles. The second kappa shape index (κ2) is 10.5. The summed E-state index contributed by atoms with van der Waals surface area (Å²) in [4.78, 5) is 12.3. The van der Waals surface area contributed by atoms with E-state index in [-0.39, 0.29) is 36.0 Å². The summed E-state index contributed by atoms with van der Waals surface area (Å²) in [6.45, 7) is 6.80. The van der Waals surface area contributed by atoms with Crippen molar-refractivity contribution in [1.29, 1.82) is 0 Å². The molecule has 4 heteroatoms. The summed E-state index contributed by atoms with van der Waals surface area (Å²) in [6.07, 6.45) is 2.31. The fraction of sp³-hybridized carbons (Fsp3) is 0.889. The molecule has 72 valence electrons. The van der Waals surface area contributed by atoms with Gasteiger partial charge in [-0.25, -0.2) is 0 Å². The largest absolute Gasteiger partial charge is 1.00 e. The van der Waals surface area contributed by atoms with Crippen molar-refractivity contribution in [3.05, 3.63) is 0 Å². The molecule has 0 bridgehead atoms. The van der Waals surface area contributed by atoms with E-state index in [1.165, 1.54) is 0 Å². The molecule has 0 aromatic heterocycles. The van der Waals surface area contributed by atoms with Crippen LogP contribution in [0.4, 0.5) is 0 Å². The van der Waals surface area contributed by atoms with Crippen LogP contribution in [0, 0.1) is 0 Å². The summed E-state index contributed by atoms with van der Waals surface area (Å²) in [5.74, 6) is -0.952. The van der Waals surface area contributed by atoms with E-state index in [0.29, 0.717) is 6.54 Å². The maximum absolute atomic E-state index is 10.2. The van der Waals surface area contributed by atoms with Gasteiger partial charge in [0.2, 0.25) is 0 Å². The average molecular weight is 195 g/mol. The van der Waals surface area contributed by atoms with Gasteiger partial charge in [0.25, 0.3) is 0 Å². The summed E-state index contributed by atoms with van der Waals surface area (Å²) in [6, 6.07) is 0. The number of carbonyl (C=O) groups excluding carboxylic acids is 1. The van der Waals surface area contributed by atoms with Crippen LogP contribution in [0.2, 0.25) is 0 Å². The van der Waals surface area contributed by atoms with Gasteiger partial charge in [-0.15, -0.1) is 0 Å². The van der Waals surface area contributed by atoms with Crippen LogP contribution in [0.3, 0.4) is 0 Å². The fourth-order valence-electron chi connectivity index (χ4n) is 1.22. The van der Waals surface area contributed by atoms with Crippen LogP contribution < -0.4 is 34.7 Å². The first-order valence-corrected chi connectivity index (χ1v) is 4.62. The van der Waals surface area contributed by atoms with Crippen molar-refractivity contribution in [2.75, 3.05) is 19.6 Å². The minimum Gasteiger partial charge on any atom is -0.550 e. The van der Waals surface area contributed by atoms with Crippen LogP contribution in [0.5, 0.6) is 0 Å². The van der Waals surface area contributed by atoms with E-state index in [1.54, 1.807) is 0 Å². The number of hydrogen-bond acceptors (Lipinski definition) is 3. The molecule has 0 spiro atoms. The number of rotatable bonds is 7. The molecule has 0 aliphatic heterocycles. The first-order valence-electron chi connectivity index (χ1n) is 4.62. The van der Waals surface area contributed by atoms with Gasteiger partial charge < -0.3 is 14.8 Å². The predicted octanol–water partition coefficient (Wildman–Crippen LogP) is -2.75. The summed E-state index contributed by atoms with van der Waals surface area (Å²) in [7, 11) is 0. The first-order chi connectivity index (χ1) is 5.70. The molecule has 0 radical (unpaired) electrons. The molecular formula is C9H18NNaO2. The van der Waals surface area contributed by atoms with Crippen molar-refractivity contribution >= 4 is 5.97 Å². The third-order valence-corrected chi connectivity index (χ3v) is 1.71. The molecule has 0 rings (SSSR count). The summed E-state index contributed by atoms with van der Waals surface area (Å²) in [5, 5.41) is 10.2. The summed E-state index contributed by atoms with van der Waals surface area (Å²) in [5.41, 5.74) is 0. The third kappa shape index (κ3) is 10.4. The first kappa shape index (κ1) is 15.9. The van der Waals surface area contributed by atoms with Crippen LogP contribution in [-0.2, 0) is 4.79 Å². The Morgan fingerprint density at radius 2 is 1.62 bits per heavy atom. The Morgan fingerprint density at radius 3 is 1.92 bits per heavy atom. The van der Waals surface area contributed by atoms with Crippen LogP contribution in [0.1, 0.15) is 33.1 Å². The van der Waals surface area contributed by atoms with Gasteiger partial charge in [-0.3, -0.25) is 0 Å². The van der Waals surface area contributed by atoms with E-state index < -0.39 is 5.97 Å². The van der Waals surface area contributed by atoms with Crippen molar-refractivity contribution in [3.8, 4) is 0 Å². The van der Waals surface area contributed by atoms with Crippen LogP contribution in [0.25, 0.3) is 0 Å². The maximum Gasteiger partial charge on any atom is 1.00 e. The van der Waals surface area contributed by atoms with Gasteiger partial charge in [0.05, 0.1) is 0 Å². The predicted molar refractivity (Wildman–Crippen MR) is 46.6 cm³/mol. The van der Waals surface area contributed by atoms with E-state index in [4.69, 9.17) is 0 Å². The second-order valence-electron chi connectivity index (χ2n) is 2.96. The van der Waals surface area contributed by atoms with Gasteiger partial charge in [0, 0.05) is 12.5 Å². The molecule has 0 aliphatic rings. The third-order valence-electron chi connectivity index (χ3n) is 1.71. The number of aliphatic carboxylic acids is 1. The molecule has 0 N–H and O–H groups in total. The van der Waals surface area contributed by atoms with Gasteiger partial charge in [0.15, 0.2) is 0 Å². The molecule has 0 saturated carbocycles. The minimum absolute atomic E-state index is 0. The van der Waals surface area contributed by atoms with Crippen LogP contribution in [0.15, 0.2) is 0 Å². The number of hydrogen-bond donors (Lipinski definition) is 0. The van der Waals surface area contributed by atoms with E-state index in [2.05, 4.69) is 18.7 Å². The smallest absolute Gasteiger partial charge is 0.550 e. The van der Waals surface area contributed by atoms with Crippen LogP contribution >= 0.6 is 0 Å². The van der Waals surface area contributed by atoms with Crippen molar-refractivity contribution in [2.45, 2.75) is 33.1 Å². The summed E-state index contributed by atoms with van der Waals surface area (Å²) >= 11 is 0. The Morgan fingerprint density at radius 1 is 1.15 bits per heavy atom. The molecule has 13 heavy (non-hydrogen) atoms. The van der Waals surface area contributed by atoms with Crippen molar-refractivity contribution in [2.24, 2.45) is 0 Å². The van der Waals surface area contributed by atoms with Gasteiger partial charge in [0.1, 0.15) is 0 Å². The molecule has 0 fully saturated rings. The van der Waals surface area contributed by atoms with Gasteiger partial charge in [-0.1, -0.05) is 13.8 Å². The quantitative estimate of drug-likeness (QED) is 0.414. The standard InChI is InChI=1S/C9H19NO2.Na/c1-3-6-10(7-4-2)8-5-9(11)12;/h3-8H2,1-2H3,(H,11,12);/q;+1/p-1. The molecule has 0 aromatic rings. The Hall–Kier alpha value is 0.430. The van der Waals surface area contributed by atoms with E-state index in [9.17, 15) is 9.90 Å².